The van der Waals surface area contributed by atoms with Crippen molar-refractivity contribution in [1.29, 1.82) is 0 Å². The summed E-state index contributed by atoms with van der Waals surface area (Å²) in [6, 6.07) is 14.3. The molecule has 0 aliphatic carbocycles. The minimum atomic E-state index is -4.81. The van der Waals surface area contributed by atoms with Crippen LogP contribution in [0.5, 0.6) is 0 Å². The first-order chi connectivity index (χ1) is 20.4. The Morgan fingerprint density at radius 1 is 0.587 bits per heavy atom. The molecule has 0 unspecified atom stereocenters. The Hall–Kier alpha value is -2.86. The van der Waals surface area contributed by atoms with Gasteiger partial charge in [-0.1, -0.05) is 111 Å². The molecule has 10 heteroatoms. The smallest absolute Gasteiger partial charge is 0.368 e. The molecule has 0 N–H and O–H groups in total. The Morgan fingerprint density at radius 3 is 1.09 bits per heavy atom. The predicted octanol–water partition coefficient (Wildman–Crippen LogP) is 11.6. The second kappa shape index (κ2) is 18.5. The largest absolute Gasteiger partial charge is 2.00 e. The fourth-order valence-corrected chi connectivity index (χ4v) is 4.63. The monoisotopic (exact) mass is 687 g/mol. The SMILES string of the molecule is CC(C)c1cccc(C(C)C)c1N=CC=Nc1c(C(C)C)cccc1C(C)C.[CH2-][B]c1cc(C(F)(F)F)cc(C(F)(F)F)c1.[CH3-].[Ni+2]. The van der Waals surface area contributed by atoms with Gasteiger partial charge >= 0.3 is 28.8 Å². The fourth-order valence-electron chi connectivity index (χ4n) is 4.63. The number of hydrogen-bond donors (Lipinski definition) is 0. The van der Waals surface area contributed by atoms with Crippen LogP contribution in [0.1, 0.15) is 112 Å². The molecule has 3 rings (SSSR count). The number of nitrogens with zero attached hydrogens (tertiary/aromatic N) is 2. The van der Waals surface area contributed by atoms with Crippen molar-refractivity contribution >= 4 is 36.5 Å². The number of alkyl halides is 6. The molecular formula is C36H44BF6N2Ni. The maximum Gasteiger partial charge on any atom is 2.00 e. The number of benzene rings is 3. The molecule has 0 saturated heterocycles. The Morgan fingerprint density at radius 2 is 0.870 bits per heavy atom. The number of hydrogen-bond acceptors (Lipinski definition) is 2. The second-order valence-corrected chi connectivity index (χ2v) is 11.8. The van der Waals surface area contributed by atoms with E-state index >= 15 is 0 Å². The average Bonchev–Trinajstić information content (AvgIpc) is 2.93. The minimum absolute atomic E-state index is 0. The van der Waals surface area contributed by atoms with Crippen molar-refractivity contribution < 1.29 is 42.8 Å². The average molecular weight is 688 g/mol. The van der Waals surface area contributed by atoms with Crippen molar-refractivity contribution in [3.8, 4) is 0 Å². The summed E-state index contributed by atoms with van der Waals surface area (Å²) in [6.07, 6.45) is -5.90. The van der Waals surface area contributed by atoms with Crippen LogP contribution in [0.15, 0.2) is 64.6 Å². The Balaban J connectivity index is 0.000000965. The van der Waals surface area contributed by atoms with Gasteiger partial charge in [0.1, 0.15) is 0 Å². The molecular weight excluding hydrogens is 644 g/mol. The van der Waals surface area contributed by atoms with Gasteiger partial charge in [-0.05, 0) is 52.0 Å². The molecule has 46 heavy (non-hydrogen) atoms. The molecule has 0 aromatic heterocycles. The van der Waals surface area contributed by atoms with Crippen molar-refractivity contribution in [3.05, 3.63) is 102 Å². The zero-order valence-electron chi connectivity index (χ0n) is 27.9. The zero-order valence-corrected chi connectivity index (χ0v) is 28.9. The fraction of sp³-hybridized carbons (Fsp3) is 0.389. The molecule has 0 aliphatic rings. The van der Waals surface area contributed by atoms with Crippen LogP contribution in [0.25, 0.3) is 0 Å². The van der Waals surface area contributed by atoms with Crippen LogP contribution in [-0.2, 0) is 28.8 Å². The molecule has 253 valence electrons. The molecule has 3 aromatic carbocycles. The Labute approximate surface area is 282 Å². The van der Waals surface area contributed by atoms with Crippen molar-refractivity contribution in [1.82, 2.24) is 0 Å². The van der Waals surface area contributed by atoms with Crippen molar-refractivity contribution in [2.24, 2.45) is 9.98 Å². The van der Waals surface area contributed by atoms with E-state index in [1.165, 1.54) is 22.3 Å². The molecule has 0 saturated carbocycles. The van der Waals surface area contributed by atoms with Crippen LogP contribution in [0.4, 0.5) is 37.7 Å². The van der Waals surface area contributed by atoms with E-state index in [2.05, 4.69) is 98.6 Å². The third kappa shape index (κ3) is 12.1. The number of halogens is 6. The predicted molar refractivity (Wildman–Crippen MR) is 179 cm³/mol. The topological polar surface area (TPSA) is 24.7 Å². The minimum Gasteiger partial charge on any atom is -0.368 e. The zero-order chi connectivity index (χ0) is 33.4. The van der Waals surface area contributed by atoms with Gasteiger partial charge in [-0.15, -0.1) is 5.46 Å². The van der Waals surface area contributed by atoms with Gasteiger partial charge in [-0.25, -0.2) is 0 Å². The molecule has 0 fully saturated rings. The van der Waals surface area contributed by atoms with Crippen molar-refractivity contribution in [2.75, 3.05) is 0 Å². The number of aliphatic imine (C=N–C) groups is 2. The summed E-state index contributed by atoms with van der Waals surface area (Å²) in [5, 5.41) is 0. The maximum atomic E-state index is 12.3. The first-order valence-corrected chi connectivity index (χ1v) is 14.6. The van der Waals surface area contributed by atoms with Crippen LogP contribution in [0.2, 0.25) is 0 Å². The summed E-state index contributed by atoms with van der Waals surface area (Å²) in [5.41, 5.74) is 4.47. The number of para-hydroxylation sites is 2. The van der Waals surface area contributed by atoms with Gasteiger partial charge in [0.25, 0.3) is 0 Å². The van der Waals surface area contributed by atoms with Crippen molar-refractivity contribution in [3.63, 3.8) is 0 Å². The molecule has 0 amide bonds. The van der Waals surface area contributed by atoms with E-state index in [9.17, 15) is 26.3 Å². The summed E-state index contributed by atoms with van der Waals surface area (Å²) in [6.45, 7) is 20.9. The van der Waals surface area contributed by atoms with E-state index in [4.69, 9.17) is 9.98 Å². The Bertz CT molecular complexity index is 1290. The van der Waals surface area contributed by atoms with Gasteiger partial charge in [0.15, 0.2) is 0 Å². The summed E-state index contributed by atoms with van der Waals surface area (Å²) < 4.78 is 73.6. The number of rotatable bonds is 8. The van der Waals surface area contributed by atoms with Gasteiger partial charge in [0.2, 0.25) is 0 Å². The first-order valence-electron chi connectivity index (χ1n) is 14.6. The van der Waals surface area contributed by atoms with E-state index < -0.39 is 23.5 Å². The van der Waals surface area contributed by atoms with Gasteiger partial charge in [-0.3, -0.25) is 9.98 Å². The second-order valence-electron chi connectivity index (χ2n) is 11.8. The van der Waals surface area contributed by atoms with E-state index in [1.807, 2.05) is 12.4 Å². The van der Waals surface area contributed by atoms with Crippen LogP contribution in [-0.4, -0.2) is 19.7 Å². The molecule has 0 bridgehead atoms. The van der Waals surface area contributed by atoms with E-state index in [1.54, 1.807) is 0 Å². The summed E-state index contributed by atoms with van der Waals surface area (Å²) in [5.74, 6) is 1.77. The quantitative estimate of drug-likeness (QED) is 0.0974. The van der Waals surface area contributed by atoms with E-state index in [-0.39, 0.29) is 35.4 Å². The normalized spacial score (nSPS) is 12.1. The molecule has 0 heterocycles. The summed E-state index contributed by atoms with van der Waals surface area (Å²) in [4.78, 5) is 9.68. The van der Waals surface area contributed by atoms with Gasteiger partial charge < -0.3 is 14.2 Å². The summed E-state index contributed by atoms with van der Waals surface area (Å²) >= 11 is 0. The van der Waals surface area contributed by atoms with E-state index in [0.717, 1.165) is 18.7 Å². The Kier molecular flexibility index (Phi) is 17.3. The molecule has 2 nitrogen and oxygen atoms in total. The van der Waals surface area contributed by atoms with Crippen LogP contribution >= 0.6 is 0 Å². The maximum absolute atomic E-state index is 12.3. The molecule has 0 atom stereocenters. The molecule has 3 aromatic rings. The van der Waals surface area contributed by atoms with Gasteiger partial charge in [-0.2, -0.15) is 26.3 Å². The van der Waals surface area contributed by atoms with Gasteiger partial charge in [0, 0.05) is 12.4 Å². The third-order valence-electron chi connectivity index (χ3n) is 7.00. The van der Waals surface area contributed by atoms with Crippen LogP contribution < -0.4 is 5.46 Å². The molecule has 0 aliphatic heterocycles. The van der Waals surface area contributed by atoms with Crippen LogP contribution in [0, 0.1) is 14.2 Å². The summed E-state index contributed by atoms with van der Waals surface area (Å²) in [7, 11) is 0.935. The first kappa shape index (κ1) is 43.1. The third-order valence-corrected chi connectivity index (χ3v) is 7.00. The molecule has 0 spiro atoms. The van der Waals surface area contributed by atoms with Crippen LogP contribution in [0.3, 0.4) is 0 Å². The van der Waals surface area contributed by atoms with E-state index in [0.29, 0.717) is 35.8 Å². The van der Waals surface area contributed by atoms with Crippen molar-refractivity contribution in [2.45, 2.75) is 91.4 Å². The standard InChI is InChI=1S/C26H36N2.C9H5BF6.CH3.Ni/c1-17(2)21-11-9-12-22(18(3)4)25(21)27-15-16-28-26-23(19(5)6)13-10-14-24(26)20(7)8;1-10-7-3-5(8(11,12)13)2-6(4-7)9(14,15)16;;/h9-20H,1-8H3;2-4H,1H2;1H3;/q;2*-1;+2. The molecule has 1 radical (unpaired) electrons. The van der Waals surface area contributed by atoms with Gasteiger partial charge in [0.05, 0.1) is 22.5 Å².